The molecule has 4 rings (SSSR count). The van der Waals surface area contributed by atoms with Crippen molar-refractivity contribution in [3.05, 3.63) is 59.2 Å². The minimum atomic E-state index is 0. The number of halogens is 2. The molecule has 0 atom stereocenters. The summed E-state index contributed by atoms with van der Waals surface area (Å²) in [4.78, 5) is 4.65. The van der Waals surface area contributed by atoms with Crippen molar-refractivity contribution < 1.29 is 21.4 Å². The standard InChI is InChI=1S/C15H9BrN2S.BrH/c16-11-7-5-10(6-8-11)12-9-18-13-3-1-2-4-14(13)19-15(18)17-12;/h1-9H;1H. The quantitative estimate of drug-likeness (QED) is 0.458. The van der Waals surface area contributed by atoms with Crippen molar-refractivity contribution in [3.63, 3.8) is 0 Å². The molecule has 0 aliphatic rings. The molecule has 0 bridgehead atoms. The highest BCUT2D eigenvalue weighted by Crippen LogP contribution is 2.25. The van der Waals surface area contributed by atoms with E-state index < -0.39 is 0 Å². The van der Waals surface area contributed by atoms with Crippen LogP contribution >= 0.6 is 27.3 Å². The summed E-state index contributed by atoms with van der Waals surface area (Å²) in [5, 5.41) is 0. The van der Waals surface area contributed by atoms with Crippen LogP contribution in [0.3, 0.4) is 0 Å². The van der Waals surface area contributed by atoms with Crippen molar-refractivity contribution in [2.24, 2.45) is 0 Å². The predicted octanol–water partition coefficient (Wildman–Crippen LogP) is 1.40. The first-order valence-corrected chi connectivity index (χ1v) is 7.60. The Morgan fingerprint density at radius 1 is 1.00 bits per heavy atom. The van der Waals surface area contributed by atoms with Crippen molar-refractivity contribution in [1.82, 2.24) is 4.98 Å². The van der Waals surface area contributed by atoms with Crippen molar-refractivity contribution in [2.45, 2.75) is 0 Å². The largest absolute Gasteiger partial charge is 1.00 e. The second-order valence-electron chi connectivity index (χ2n) is 4.42. The number of hydrogen-bond acceptors (Lipinski definition) is 1. The Morgan fingerprint density at radius 3 is 2.55 bits per heavy atom. The summed E-state index contributed by atoms with van der Waals surface area (Å²) in [6.07, 6.45) is 2.16. The van der Waals surface area contributed by atoms with E-state index in [1.807, 2.05) is 0 Å². The number of imidazole rings is 1. The molecule has 2 aromatic heterocycles. The zero-order valence-corrected chi connectivity index (χ0v) is 14.3. The van der Waals surface area contributed by atoms with E-state index in [0.29, 0.717) is 0 Å². The number of thiazole rings is 1. The van der Waals surface area contributed by atoms with Gasteiger partial charge in [-0.15, -0.1) is 0 Å². The number of nitrogens with zero attached hydrogens (tertiary/aromatic N) is 1. The lowest BCUT2D eigenvalue weighted by atomic mass is 10.2. The van der Waals surface area contributed by atoms with Gasteiger partial charge in [0.1, 0.15) is 6.20 Å². The van der Waals surface area contributed by atoms with Crippen molar-refractivity contribution in [3.8, 4) is 11.3 Å². The summed E-state index contributed by atoms with van der Waals surface area (Å²) in [5.41, 5.74) is 3.59. The number of aromatic nitrogens is 2. The van der Waals surface area contributed by atoms with E-state index in [9.17, 15) is 0 Å². The highest BCUT2D eigenvalue weighted by atomic mass is 79.9. The summed E-state index contributed by atoms with van der Waals surface area (Å²) >= 11 is 5.24. The van der Waals surface area contributed by atoms with Gasteiger partial charge in [0.05, 0.1) is 4.70 Å². The lowest BCUT2D eigenvalue weighted by molar-refractivity contribution is -0.475. The molecule has 0 aliphatic carbocycles. The Bertz CT molecular complexity index is 878. The van der Waals surface area contributed by atoms with Gasteiger partial charge in [-0.25, -0.2) is 4.98 Å². The van der Waals surface area contributed by atoms with Gasteiger partial charge in [-0.2, -0.15) is 4.40 Å². The summed E-state index contributed by atoms with van der Waals surface area (Å²) < 4.78 is 4.62. The zero-order valence-electron chi connectivity index (χ0n) is 10.3. The second-order valence-corrected chi connectivity index (χ2v) is 6.37. The monoisotopic (exact) mass is 408 g/mol. The van der Waals surface area contributed by atoms with E-state index in [4.69, 9.17) is 0 Å². The lowest BCUT2D eigenvalue weighted by Gasteiger charge is -1.93. The first-order chi connectivity index (χ1) is 9.31. The maximum Gasteiger partial charge on any atom is 0.344 e. The summed E-state index contributed by atoms with van der Waals surface area (Å²) in [6.45, 7) is 0. The van der Waals surface area contributed by atoms with Gasteiger partial charge in [0, 0.05) is 10.0 Å². The summed E-state index contributed by atoms with van der Waals surface area (Å²) in [6, 6.07) is 16.8. The Balaban J connectivity index is 0.00000121. The Kier molecular flexibility index (Phi) is 3.67. The molecule has 0 unspecified atom stereocenters. The van der Waals surface area contributed by atoms with Crippen molar-refractivity contribution >= 4 is 42.4 Å². The fourth-order valence-electron chi connectivity index (χ4n) is 2.27. The minimum Gasteiger partial charge on any atom is -1.00 e. The molecule has 0 saturated carbocycles. The average Bonchev–Trinajstić information content (AvgIpc) is 2.97. The number of para-hydroxylation sites is 1. The summed E-state index contributed by atoms with van der Waals surface area (Å²) in [5.74, 6) is 0. The van der Waals surface area contributed by atoms with Crippen LogP contribution in [0.5, 0.6) is 0 Å². The highest BCUT2D eigenvalue weighted by molar-refractivity contribution is 9.10. The number of benzene rings is 2. The van der Waals surface area contributed by atoms with Crippen LogP contribution in [0.25, 0.3) is 26.4 Å². The molecule has 0 amide bonds. The first kappa shape index (κ1) is 13.8. The Hall–Kier alpha value is -1.17. The Labute approximate surface area is 139 Å². The van der Waals surface area contributed by atoms with Gasteiger partial charge >= 0.3 is 4.96 Å². The predicted molar refractivity (Wildman–Crippen MR) is 82.5 cm³/mol. The van der Waals surface area contributed by atoms with Crippen LogP contribution in [-0.2, 0) is 0 Å². The average molecular weight is 410 g/mol. The van der Waals surface area contributed by atoms with E-state index in [1.165, 1.54) is 20.7 Å². The number of aromatic amines is 1. The van der Waals surface area contributed by atoms with Crippen LogP contribution in [0.15, 0.2) is 59.2 Å². The molecule has 1 N–H and O–H groups in total. The highest BCUT2D eigenvalue weighted by Gasteiger charge is 2.16. The van der Waals surface area contributed by atoms with Gasteiger partial charge in [-0.1, -0.05) is 28.1 Å². The molecule has 0 aliphatic heterocycles. The number of hydrogen-bond donors (Lipinski definition) is 1. The maximum absolute atomic E-state index is 3.49. The van der Waals surface area contributed by atoms with Gasteiger partial charge < -0.3 is 17.0 Å². The fraction of sp³-hybridized carbons (Fsp3) is 0. The van der Waals surface area contributed by atoms with Gasteiger partial charge in [0.15, 0.2) is 11.2 Å². The molecule has 20 heavy (non-hydrogen) atoms. The van der Waals surface area contributed by atoms with Gasteiger partial charge in [-0.3, -0.25) is 0 Å². The molecule has 2 nitrogen and oxygen atoms in total. The van der Waals surface area contributed by atoms with E-state index in [1.54, 1.807) is 11.3 Å². The zero-order chi connectivity index (χ0) is 12.8. The molecule has 4 aromatic rings. The third kappa shape index (κ3) is 2.20. The van der Waals surface area contributed by atoms with Crippen LogP contribution < -0.4 is 21.4 Å². The first-order valence-electron chi connectivity index (χ1n) is 5.99. The molecule has 5 heteroatoms. The van der Waals surface area contributed by atoms with Crippen LogP contribution in [0.4, 0.5) is 0 Å². The normalized spacial score (nSPS) is 10.8. The van der Waals surface area contributed by atoms with Crippen LogP contribution in [0.1, 0.15) is 0 Å². The molecule has 0 radical (unpaired) electrons. The van der Waals surface area contributed by atoms with Gasteiger partial charge in [0.2, 0.25) is 0 Å². The van der Waals surface area contributed by atoms with E-state index in [0.717, 1.165) is 10.2 Å². The van der Waals surface area contributed by atoms with Crippen LogP contribution in [0, 0.1) is 0 Å². The number of fused-ring (bicyclic) bond motifs is 3. The number of nitrogens with one attached hydrogen (secondary N) is 1. The molecule has 2 aromatic carbocycles. The van der Waals surface area contributed by atoms with Gasteiger partial charge in [0.25, 0.3) is 0 Å². The minimum absolute atomic E-state index is 0. The maximum atomic E-state index is 3.49. The van der Waals surface area contributed by atoms with E-state index >= 15 is 0 Å². The SMILES string of the molecule is Brc1ccc(-c2c[n+]3c([nH]2)sc2ccccc23)cc1.[Br-]. The van der Waals surface area contributed by atoms with Crippen LogP contribution in [-0.4, -0.2) is 4.98 Å². The summed E-state index contributed by atoms with van der Waals surface area (Å²) in [7, 11) is 0. The molecular formula is C15H10Br2N2S. The molecular weight excluding hydrogens is 400 g/mol. The third-order valence-electron chi connectivity index (χ3n) is 3.21. The fourth-order valence-corrected chi connectivity index (χ4v) is 3.57. The third-order valence-corrected chi connectivity index (χ3v) is 4.79. The van der Waals surface area contributed by atoms with Crippen LogP contribution in [0.2, 0.25) is 0 Å². The molecule has 2 heterocycles. The number of H-pyrrole nitrogens is 1. The van der Waals surface area contributed by atoms with Gasteiger partial charge in [-0.05, 0) is 47.7 Å². The van der Waals surface area contributed by atoms with E-state index in [-0.39, 0.29) is 17.0 Å². The molecule has 0 spiro atoms. The Morgan fingerprint density at radius 2 is 1.75 bits per heavy atom. The topological polar surface area (TPSA) is 19.9 Å². The smallest absolute Gasteiger partial charge is 0.344 e. The number of rotatable bonds is 1. The van der Waals surface area contributed by atoms with Crippen molar-refractivity contribution in [1.29, 1.82) is 0 Å². The van der Waals surface area contributed by atoms with Crippen molar-refractivity contribution in [2.75, 3.05) is 0 Å². The lowest BCUT2D eigenvalue weighted by Crippen LogP contribution is -3.00. The van der Waals surface area contributed by atoms with E-state index in [2.05, 4.69) is 80.0 Å². The molecule has 100 valence electrons. The second kappa shape index (κ2) is 5.31. The molecule has 0 saturated heterocycles. The molecule has 0 fully saturated rings.